The summed E-state index contributed by atoms with van der Waals surface area (Å²) in [6.45, 7) is 4.22. The third-order valence-electron chi connectivity index (χ3n) is 2.72. The normalized spacial score (nSPS) is 10.8. The monoisotopic (exact) mass is 261 g/mol. The molecule has 1 aromatic heterocycles. The maximum atomic E-state index is 13.6. The van der Waals surface area contributed by atoms with E-state index in [-0.39, 0.29) is 18.3 Å². The number of aromatic nitrogens is 2. The summed E-state index contributed by atoms with van der Waals surface area (Å²) in [4.78, 5) is 8.15. The van der Waals surface area contributed by atoms with Gasteiger partial charge in [-0.1, -0.05) is 19.9 Å². The van der Waals surface area contributed by atoms with Crippen LogP contribution in [0.15, 0.2) is 30.6 Å². The van der Waals surface area contributed by atoms with Crippen LogP contribution in [0.5, 0.6) is 11.6 Å². The smallest absolute Gasteiger partial charge is 0.222 e. The van der Waals surface area contributed by atoms with Crippen molar-refractivity contribution in [1.82, 2.24) is 9.97 Å². The summed E-state index contributed by atoms with van der Waals surface area (Å²) in [5, 5.41) is 0. The molecule has 4 nitrogen and oxygen atoms in total. The lowest BCUT2D eigenvalue weighted by Gasteiger charge is -2.08. The highest BCUT2D eigenvalue weighted by atomic mass is 19.1. The van der Waals surface area contributed by atoms with E-state index in [1.165, 1.54) is 12.4 Å². The van der Waals surface area contributed by atoms with Crippen molar-refractivity contribution in [3.8, 4) is 11.6 Å². The third kappa shape index (κ3) is 3.26. The Bertz CT molecular complexity index is 572. The molecule has 0 aliphatic carbocycles. The number of halogens is 1. The van der Waals surface area contributed by atoms with E-state index >= 15 is 0 Å². The van der Waals surface area contributed by atoms with Gasteiger partial charge in [0.25, 0.3) is 0 Å². The molecule has 0 aliphatic heterocycles. The van der Waals surface area contributed by atoms with Crippen LogP contribution in [-0.2, 0) is 6.54 Å². The van der Waals surface area contributed by atoms with Crippen LogP contribution in [0.4, 0.5) is 4.39 Å². The first-order valence-electron chi connectivity index (χ1n) is 6.08. The molecule has 2 rings (SSSR count). The van der Waals surface area contributed by atoms with Crippen molar-refractivity contribution < 1.29 is 9.13 Å². The molecule has 0 saturated heterocycles. The van der Waals surface area contributed by atoms with Crippen molar-refractivity contribution >= 4 is 0 Å². The summed E-state index contributed by atoms with van der Waals surface area (Å²) < 4.78 is 19.1. The fourth-order valence-electron chi connectivity index (χ4n) is 1.60. The van der Waals surface area contributed by atoms with Crippen molar-refractivity contribution in [3.05, 3.63) is 47.7 Å². The Hall–Kier alpha value is -2.01. The van der Waals surface area contributed by atoms with E-state index in [9.17, 15) is 4.39 Å². The summed E-state index contributed by atoms with van der Waals surface area (Å²) >= 11 is 0. The minimum Gasteiger partial charge on any atom is -0.439 e. The molecule has 19 heavy (non-hydrogen) atoms. The van der Waals surface area contributed by atoms with E-state index in [0.717, 1.165) is 5.69 Å². The summed E-state index contributed by atoms with van der Waals surface area (Å²) in [6.07, 6.45) is 1.44. The highest BCUT2D eigenvalue weighted by molar-refractivity contribution is 5.32. The number of benzene rings is 1. The number of ether oxygens (including phenoxy) is 1. The Morgan fingerprint density at radius 2 is 2.05 bits per heavy atom. The molecular weight excluding hydrogens is 245 g/mol. The van der Waals surface area contributed by atoms with Crippen LogP contribution in [0.3, 0.4) is 0 Å². The van der Waals surface area contributed by atoms with Crippen LogP contribution in [0, 0.1) is 5.82 Å². The van der Waals surface area contributed by atoms with Gasteiger partial charge < -0.3 is 10.5 Å². The molecule has 0 spiro atoms. The van der Waals surface area contributed by atoms with Gasteiger partial charge in [-0.25, -0.2) is 14.4 Å². The molecule has 2 N–H and O–H groups in total. The zero-order valence-corrected chi connectivity index (χ0v) is 10.9. The van der Waals surface area contributed by atoms with Crippen molar-refractivity contribution in [2.24, 2.45) is 5.73 Å². The Morgan fingerprint density at radius 1 is 1.26 bits per heavy atom. The molecule has 100 valence electrons. The van der Waals surface area contributed by atoms with Gasteiger partial charge in [0.2, 0.25) is 5.88 Å². The highest BCUT2D eigenvalue weighted by Crippen LogP contribution is 2.23. The van der Waals surface area contributed by atoms with Crippen LogP contribution in [-0.4, -0.2) is 9.97 Å². The third-order valence-corrected chi connectivity index (χ3v) is 2.72. The number of rotatable bonds is 4. The van der Waals surface area contributed by atoms with Gasteiger partial charge in [0.05, 0.1) is 5.69 Å². The SMILES string of the molecule is CC(C)c1cc(Oc2ccc(CN)c(F)c2)ncn1. The minimum atomic E-state index is -0.377. The molecule has 0 fully saturated rings. The van der Waals surface area contributed by atoms with Crippen LogP contribution in [0.1, 0.15) is 31.0 Å². The van der Waals surface area contributed by atoms with Gasteiger partial charge in [-0.3, -0.25) is 0 Å². The minimum absolute atomic E-state index is 0.164. The number of hydrogen-bond donors (Lipinski definition) is 1. The predicted molar refractivity (Wildman–Crippen MR) is 70.5 cm³/mol. The first-order valence-corrected chi connectivity index (χ1v) is 6.08. The van der Waals surface area contributed by atoms with Gasteiger partial charge in [-0.05, 0) is 12.0 Å². The maximum Gasteiger partial charge on any atom is 0.222 e. The fourth-order valence-corrected chi connectivity index (χ4v) is 1.60. The summed E-state index contributed by atoms with van der Waals surface area (Å²) in [6, 6.07) is 6.33. The van der Waals surface area contributed by atoms with Gasteiger partial charge >= 0.3 is 0 Å². The van der Waals surface area contributed by atoms with Gasteiger partial charge in [-0.15, -0.1) is 0 Å². The first-order chi connectivity index (χ1) is 9.10. The fraction of sp³-hybridized carbons (Fsp3) is 0.286. The summed E-state index contributed by atoms with van der Waals surface area (Å²) in [5.74, 6) is 0.696. The van der Waals surface area contributed by atoms with E-state index in [4.69, 9.17) is 10.5 Å². The lowest BCUT2D eigenvalue weighted by atomic mass is 10.1. The Kier molecular flexibility index (Phi) is 4.06. The van der Waals surface area contributed by atoms with Crippen molar-refractivity contribution in [2.75, 3.05) is 0 Å². The average molecular weight is 261 g/mol. The number of nitrogens with two attached hydrogens (primary N) is 1. The molecule has 2 aromatic rings. The zero-order valence-electron chi connectivity index (χ0n) is 10.9. The first kappa shape index (κ1) is 13.4. The second-order valence-corrected chi connectivity index (χ2v) is 4.50. The van der Waals surface area contributed by atoms with Crippen LogP contribution in [0.25, 0.3) is 0 Å². The largest absolute Gasteiger partial charge is 0.439 e. The zero-order chi connectivity index (χ0) is 13.8. The molecular formula is C14H16FN3O. The maximum absolute atomic E-state index is 13.6. The average Bonchev–Trinajstić information content (AvgIpc) is 2.39. The second-order valence-electron chi connectivity index (χ2n) is 4.50. The Morgan fingerprint density at radius 3 is 2.68 bits per heavy atom. The van der Waals surface area contributed by atoms with E-state index in [1.54, 1.807) is 18.2 Å². The standard InChI is InChI=1S/C14H16FN3O/c1-9(2)13-6-14(18-8-17-13)19-11-4-3-10(7-16)12(15)5-11/h3-6,8-9H,7,16H2,1-2H3. The molecule has 0 unspecified atom stereocenters. The molecule has 5 heteroatoms. The van der Waals surface area contributed by atoms with Crippen LogP contribution in [0.2, 0.25) is 0 Å². The topological polar surface area (TPSA) is 61.0 Å². The van der Waals surface area contributed by atoms with Crippen molar-refractivity contribution in [3.63, 3.8) is 0 Å². The molecule has 0 amide bonds. The molecule has 1 heterocycles. The second kappa shape index (κ2) is 5.75. The lowest BCUT2D eigenvalue weighted by molar-refractivity contribution is 0.454. The summed E-state index contributed by atoms with van der Waals surface area (Å²) in [5.41, 5.74) is 6.74. The van der Waals surface area contributed by atoms with Crippen LogP contribution < -0.4 is 10.5 Å². The van der Waals surface area contributed by atoms with Gasteiger partial charge in [0.1, 0.15) is 17.9 Å². The van der Waals surface area contributed by atoms with E-state index < -0.39 is 0 Å². The number of hydrogen-bond acceptors (Lipinski definition) is 4. The Balaban J connectivity index is 2.21. The molecule has 0 radical (unpaired) electrons. The van der Waals surface area contributed by atoms with Crippen molar-refractivity contribution in [1.29, 1.82) is 0 Å². The van der Waals surface area contributed by atoms with Gasteiger partial charge in [0, 0.05) is 24.2 Å². The Labute approximate surface area is 111 Å². The van der Waals surface area contributed by atoms with Crippen molar-refractivity contribution in [2.45, 2.75) is 26.3 Å². The molecule has 0 atom stereocenters. The van der Waals surface area contributed by atoms with Gasteiger partial charge in [-0.2, -0.15) is 0 Å². The highest BCUT2D eigenvalue weighted by Gasteiger charge is 2.07. The number of nitrogens with zero attached hydrogens (tertiary/aromatic N) is 2. The lowest BCUT2D eigenvalue weighted by Crippen LogP contribution is -2.00. The van der Waals surface area contributed by atoms with E-state index in [0.29, 0.717) is 17.2 Å². The molecule has 0 saturated carbocycles. The van der Waals surface area contributed by atoms with E-state index in [1.807, 2.05) is 13.8 Å². The van der Waals surface area contributed by atoms with Crippen LogP contribution >= 0.6 is 0 Å². The molecule has 1 aromatic carbocycles. The predicted octanol–water partition coefficient (Wildman–Crippen LogP) is 2.99. The summed E-state index contributed by atoms with van der Waals surface area (Å²) in [7, 11) is 0. The molecule has 0 aliphatic rings. The van der Waals surface area contributed by atoms with E-state index in [2.05, 4.69) is 9.97 Å². The quantitative estimate of drug-likeness (QED) is 0.919. The molecule has 0 bridgehead atoms. The van der Waals surface area contributed by atoms with Gasteiger partial charge in [0.15, 0.2) is 0 Å².